The van der Waals surface area contributed by atoms with Crippen LogP contribution in [0.1, 0.15) is 62.5 Å². The van der Waals surface area contributed by atoms with E-state index in [1.165, 1.54) is 6.20 Å². The largest absolute Gasteiger partial charge is 0.512 e. The highest BCUT2D eigenvalue weighted by Gasteiger charge is 2.36. The van der Waals surface area contributed by atoms with Crippen molar-refractivity contribution in [3.8, 4) is 5.88 Å². The highest BCUT2D eigenvalue weighted by molar-refractivity contribution is 5.61. The third-order valence-corrected chi connectivity index (χ3v) is 4.17. The van der Waals surface area contributed by atoms with E-state index in [0.717, 1.165) is 24.0 Å². The van der Waals surface area contributed by atoms with Gasteiger partial charge in [-0.1, -0.05) is 13.3 Å². The molecule has 122 valence electrons. The van der Waals surface area contributed by atoms with E-state index >= 15 is 0 Å². The molecule has 1 heterocycles. The molecular weight excluding hydrogens is 292 g/mol. The molecule has 0 radical (unpaired) electrons. The van der Waals surface area contributed by atoms with Gasteiger partial charge in [-0.15, -0.1) is 0 Å². The Morgan fingerprint density at radius 3 is 2.73 bits per heavy atom. The van der Waals surface area contributed by atoms with Crippen LogP contribution in [-0.2, 0) is 6.42 Å². The first-order valence-electron chi connectivity index (χ1n) is 7.69. The van der Waals surface area contributed by atoms with E-state index in [-0.39, 0.29) is 24.6 Å². The molecule has 0 aromatic carbocycles. The summed E-state index contributed by atoms with van der Waals surface area (Å²) >= 11 is 0. The number of aromatic nitrogens is 1. The van der Waals surface area contributed by atoms with Crippen LogP contribution in [0.3, 0.4) is 0 Å². The molecule has 0 atom stereocenters. The van der Waals surface area contributed by atoms with Crippen LogP contribution in [-0.4, -0.2) is 22.2 Å². The van der Waals surface area contributed by atoms with Crippen molar-refractivity contribution in [2.75, 3.05) is 0 Å². The number of hydrogen-bond acceptors (Lipinski definition) is 3. The van der Waals surface area contributed by atoms with Gasteiger partial charge in [-0.05, 0) is 43.2 Å². The molecule has 0 saturated heterocycles. The average Bonchev–Trinajstić information content (AvgIpc) is 2.45. The predicted octanol–water partition coefficient (Wildman–Crippen LogP) is 4.77. The van der Waals surface area contributed by atoms with Crippen LogP contribution in [0.25, 0.3) is 0 Å². The Morgan fingerprint density at radius 1 is 1.45 bits per heavy atom. The van der Waals surface area contributed by atoms with Crippen LogP contribution in [0.4, 0.5) is 13.6 Å². The second kappa shape index (κ2) is 7.03. The van der Waals surface area contributed by atoms with E-state index in [0.29, 0.717) is 19.3 Å². The van der Waals surface area contributed by atoms with Crippen LogP contribution in [0.5, 0.6) is 5.88 Å². The Bertz CT molecular complexity index is 524. The molecule has 6 heteroatoms. The number of nitrogens with zero attached hydrogens (tertiary/aromatic N) is 1. The van der Waals surface area contributed by atoms with Crippen LogP contribution in [0.15, 0.2) is 12.3 Å². The maximum Gasteiger partial charge on any atom is 0.512 e. The summed E-state index contributed by atoms with van der Waals surface area (Å²) in [7, 11) is 0. The molecule has 1 saturated carbocycles. The zero-order chi connectivity index (χ0) is 16.2. The van der Waals surface area contributed by atoms with Crippen molar-refractivity contribution in [3.63, 3.8) is 0 Å². The minimum atomic E-state index is -2.58. The highest BCUT2D eigenvalue weighted by atomic mass is 19.3. The number of ether oxygens (including phenoxy) is 1. The fourth-order valence-electron chi connectivity index (χ4n) is 3.00. The molecule has 0 amide bonds. The van der Waals surface area contributed by atoms with Crippen LogP contribution in [0.2, 0.25) is 0 Å². The van der Waals surface area contributed by atoms with E-state index in [9.17, 15) is 13.6 Å². The van der Waals surface area contributed by atoms with Crippen LogP contribution >= 0.6 is 0 Å². The van der Waals surface area contributed by atoms with Crippen molar-refractivity contribution in [2.45, 2.75) is 63.7 Å². The van der Waals surface area contributed by atoms with Gasteiger partial charge in [-0.2, -0.15) is 0 Å². The summed E-state index contributed by atoms with van der Waals surface area (Å²) in [6.45, 7) is 2.04. The first-order valence-corrected chi connectivity index (χ1v) is 7.69. The average molecular weight is 313 g/mol. The normalized spacial score (nSPS) is 18.1. The van der Waals surface area contributed by atoms with Crippen LogP contribution in [0, 0.1) is 0 Å². The Labute approximate surface area is 128 Å². The smallest absolute Gasteiger partial charge is 0.449 e. The number of carboxylic acid groups (broad SMARTS) is 1. The standard InChI is InChI=1S/C16H21F2NO3/c1-2-3-4-13-12(7-10-19-14(13)22-15(20)21)11-5-8-16(17,18)9-6-11/h7,10-11H,2-6,8-9H2,1H3,(H,20,21). The number of alkyl halides is 2. The molecule has 1 N–H and O–H groups in total. The molecular formula is C16H21F2NO3. The van der Waals surface area contributed by atoms with E-state index in [1.807, 2.05) is 13.0 Å². The van der Waals surface area contributed by atoms with Gasteiger partial charge in [0, 0.05) is 24.6 Å². The Hall–Kier alpha value is -1.72. The fourth-order valence-corrected chi connectivity index (χ4v) is 3.00. The van der Waals surface area contributed by atoms with Gasteiger partial charge in [0.05, 0.1) is 0 Å². The minimum Gasteiger partial charge on any atom is -0.449 e. The number of rotatable bonds is 5. The molecule has 22 heavy (non-hydrogen) atoms. The highest BCUT2D eigenvalue weighted by Crippen LogP contribution is 2.42. The first kappa shape index (κ1) is 16.6. The van der Waals surface area contributed by atoms with Gasteiger partial charge in [0.2, 0.25) is 11.8 Å². The van der Waals surface area contributed by atoms with Gasteiger partial charge in [-0.25, -0.2) is 18.6 Å². The summed E-state index contributed by atoms with van der Waals surface area (Å²) in [4.78, 5) is 14.8. The van der Waals surface area contributed by atoms with Gasteiger partial charge >= 0.3 is 6.16 Å². The molecule has 4 nitrogen and oxygen atoms in total. The molecule has 1 aromatic heterocycles. The Balaban J connectivity index is 2.27. The third-order valence-electron chi connectivity index (χ3n) is 4.17. The zero-order valence-corrected chi connectivity index (χ0v) is 12.6. The maximum atomic E-state index is 13.3. The SMILES string of the molecule is CCCCc1c(C2CCC(F)(F)CC2)ccnc1OC(=O)O. The number of hydrogen-bond donors (Lipinski definition) is 1. The van der Waals surface area contributed by atoms with E-state index in [4.69, 9.17) is 9.84 Å². The van der Waals surface area contributed by atoms with E-state index in [2.05, 4.69) is 4.98 Å². The Morgan fingerprint density at radius 2 is 2.14 bits per heavy atom. The zero-order valence-electron chi connectivity index (χ0n) is 12.6. The van der Waals surface area contributed by atoms with Gasteiger partial charge < -0.3 is 9.84 Å². The lowest BCUT2D eigenvalue weighted by atomic mass is 9.80. The van der Waals surface area contributed by atoms with E-state index in [1.54, 1.807) is 0 Å². The molecule has 2 rings (SSSR count). The lowest BCUT2D eigenvalue weighted by molar-refractivity contribution is -0.0382. The lowest BCUT2D eigenvalue weighted by Gasteiger charge is -2.30. The molecule has 1 aromatic rings. The van der Waals surface area contributed by atoms with Crippen LogP contribution < -0.4 is 4.74 Å². The fraction of sp³-hybridized carbons (Fsp3) is 0.625. The van der Waals surface area contributed by atoms with Crippen molar-refractivity contribution >= 4 is 6.16 Å². The van der Waals surface area contributed by atoms with E-state index < -0.39 is 12.1 Å². The van der Waals surface area contributed by atoms with Gasteiger partial charge in [-0.3, -0.25) is 0 Å². The summed E-state index contributed by atoms with van der Waals surface area (Å²) in [6, 6.07) is 1.81. The predicted molar refractivity (Wildman–Crippen MR) is 77.7 cm³/mol. The Kier molecular flexibility index (Phi) is 5.32. The topological polar surface area (TPSA) is 59.4 Å². The minimum absolute atomic E-state index is 0.0191. The first-order chi connectivity index (χ1) is 10.4. The molecule has 1 aliphatic carbocycles. The number of pyridine rings is 1. The summed E-state index contributed by atoms with van der Waals surface area (Å²) in [5, 5.41) is 8.83. The van der Waals surface area contributed by atoms with Crippen molar-refractivity contribution in [1.82, 2.24) is 4.98 Å². The quantitative estimate of drug-likeness (QED) is 0.795. The molecule has 1 fully saturated rings. The van der Waals surface area contributed by atoms with Gasteiger partial charge in [0.1, 0.15) is 0 Å². The number of halogens is 2. The lowest BCUT2D eigenvalue weighted by Crippen LogP contribution is -2.24. The second-order valence-corrected chi connectivity index (χ2v) is 5.79. The van der Waals surface area contributed by atoms with Crippen molar-refractivity contribution in [2.24, 2.45) is 0 Å². The molecule has 0 bridgehead atoms. The number of carbonyl (C=O) groups is 1. The monoisotopic (exact) mass is 313 g/mol. The molecule has 0 unspecified atom stereocenters. The molecule has 1 aliphatic rings. The molecule has 0 aliphatic heterocycles. The summed E-state index contributed by atoms with van der Waals surface area (Å²) in [5.74, 6) is -2.46. The summed E-state index contributed by atoms with van der Waals surface area (Å²) in [6.07, 6.45) is 3.12. The second-order valence-electron chi connectivity index (χ2n) is 5.79. The number of unbranched alkanes of at least 4 members (excludes halogenated alkanes) is 1. The summed E-state index contributed by atoms with van der Waals surface area (Å²) in [5.41, 5.74) is 1.66. The van der Waals surface area contributed by atoms with Gasteiger partial charge in [0.25, 0.3) is 0 Å². The van der Waals surface area contributed by atoms with Gasteiger partial charge in [0.15, 0.2) is 0 Å². The van der Waals surface area contributed by atoms with Crippen molar-refractivity contribution < 1.29 is 23.4 Å². The van der Waals surface area contributed by atoms with Crippen molar-refractivity contribution in [3.05, 3.63) is 23.4 Å². The third kappa shape index (κ3) is 4.15. The summed E-state index contributed by atoms with van der Waals surface area (Å²) < 4.78 is 31.4. The molecule has 0 spiro atoms. The van der Waals surface area contributed by atoms with Crippen molar-refractivity contribution in [1.29, 1.82) is 0 Å². The maximum absolute atomic E-state index is 13.3.